The standard InChI is InChI=1S/C21H17N/c1-2-16-8-7-9-17(14-16)15-22-20-12-5-3-10-18(20)19-11-4-6-13-21(19)22/h2-14H,1,15H2. The van der Waals surface area contributed by atoms with Crippen LogP contribution in [0.4, 0.5) is 0 Å². The Hall–Kier alpha value is -2.80. The largest absolute Gasteiger partial charge is 0.336 e. The molecule has 0 N–H and O–H groups in total. The molecule has 0 unspecified atom stereocenters. The first kappa shape index (κ1) is 12.9. The normalized spacial score (nSPS) is 11.1. The van der Waals surface area contributed by atoms with Crippen molar-refractivity contribution in [2.24, 2.45) is 0 Å². The third-order valence-electron chi connectivity index (χ3n) is 4.21. The van der Waals surface area contributed by atoms with E-state index in [1.165, 1.54) is 32.9 Å². The van der Waals surface area contributed by atoms with Crippen LogP contribution < -0.4 is 0 Å². The first-order valence-electron chi connectivity index (χ1n) is 7.54. The molecule has 0 atom stereocenters. The van der Waals surface area contributed by atoms with E-state index >= 15 is 0 Å². The minimum Gasteiger partial charge on any atom is -0.336 e. The fourth-order valence-electron chi connectivity index (χ4n) is 3.17. The van der Waals surface area contributed by atoms with Crippen LogP contribution in [0.1, 0.15) is 11.1 Å². The number of fused-ring (bicyclic) bond motifs is 3. The van der Waals surface area contributed by atoms with Gasteiger partial charge < -0.3 is 4.57 Å². The Morgan fingerprint density at radius 2 is 1.41 bits per heavy atom. The summed E-state index contributed by atoms with van der Waals surface area (Å²) in [4.78, 5) is 0. The van der Waals surface area contributed by atoms with Crippen molar-refractivity contribution in [3.05, 3.63) is 90.5 Å². The van der Waals surface area contributed by atoms with Gasteiger partial charge in [-0.1, -0.05) is 67.3 Å². The third-order valence-corrected chi connectivity index (χ3v) is 4.21. The highest BCUT2D eigenvalue weighted by molar-refractivity contribution is 6.08. The molecule has 0 aliphatic heterocycles. The van der Waals surface area contributed by atoms with Crippen molar-refractivity contribution in [3.63, 3.8) is 0 Å². The Labute approximate surface area is 130 Å². The molecule has 0 radical (unpaired) electrons. The van der Waals surface area contributed by atoms with E-state index in [2.05, 4.69) is 83.9 Å². The SMILES string of the molecule is C=Cc1cccc(Cn2c3ccccc3c3ccccc32)c1. The lowest BCUT2D eigenvalue weighted by atomic mass is 10.1. The van der Waals surface area contributed by atoms with Gasteiger partial charge in [0.25, 0.3) is 0 Å². The maximum atomic E-state index is 3.86. The summed E-state index contributed by atoms with van der Waals surface area (Å²) in [7, 11) is 0. The van der Waals surface area contributed by atoms with E-state index in [0.717, 1.165) is 6.54 Å². The average Bonchev–Trinajstić information content (AvgIpc) is 2.90. The third kappa shape index (κ3) is 2.03. The molecule has 22 heavy (non-hydrogen) atoms. The molecule has 1 nitrogen and oxygen atoms in total. The summed E-state index contributed by atoms with van der Waals surface area (Å²) in [5.74, 6) is 0. The van der Waals surface area contributed by atoms with Crippen LogP contribution in [0.25, 0.3) is 27.9 Å². The van der Waals surface area contributed by atoms with Gasteiger partial charge in [0.2, 0.25) is 0 Å². The molecule has 4 rings (SSSR count). The van der Waals surface area contributed by atoms with E-state index in [4.69, 9.17) is 0 Å². The van der Waals surface area contributed by atoms with E-state index in [0.29, 0.717) is 0 Å². The van der Waals surface area contributed by atoms with Crippen LogP contribution in [0.3, 0.4) is 0 Å². The van der Waals surface area contributed by atoms with Gasteiger partial charge in [-0.2, -0.15) is 0 Å². The number of aromatic nitrogens is 1. The summed E-state index contributed by atoms with van der Waals surface area (Å²) in [6, 6.07) is 25.8. The average molecular weight is 283 g/mol. The van der Waals surface area contributed by atoms with Crippen LogP contribution >= 0.6 is 0 Å². The second kappa shape index (κ2) is 5.19. The van der Waals surface area contributed by atoms with E-state index < -0.39 is 0 Å². The fourth-order valence-corrected chi connectivity index (χ4v) is 3.17. The lowest BCUT2D eigenvalue weighted by Crippen LogP contribution is -1.99. The Bertz CT molecular complexity index is 922. The Morgan fingerprint density at radius 1 is 0.773 bits per heavy atom. The predicted octanol–water partition coefficient (Wildman–Crippen LogP) is 5.49. The zero-order valence-corrected chi connectivity index (χ0v) is 12.4. The van der Waals surface area contributed by atoms with Gasteiger partial charge in [0, 0.05) is 28.4 Å². The molecule has 1 aromatic heterocycles. The summed E-state index contributed by atoms with van der Waals surface area (Å²) >= 11 is 0. The van der Waals surface area contributed by atoms with Crippen molar-refractivity contribution in [1.82, 2.24) is 4.57 Å². The quantitative estimate of drug-likeness (QED) is 0.469. The van der Waals surface area contributed by atoms with Crippen LogP contribution in [-0.4, -0.2) is 4.57 Å². The van der Waals surface area contributed by atoms with Crippen molar-refractivity contribution in [1.29, 1.82) is 0 Å². The number of para-hydroxylation sites is 2. The minimum atomic E-state index is 0.871. The highest BCUT2D eigenvalue weighted by Crippen LogP contribution is 2.29. The molecule has 1 heterocycles. The van der Waals surface area contributed by atoms with Gasteiger partial charge in [0.15, 0.2) is 0 Å². The fraction of sp³-hybridized carbons (Fsp3) is 0.0476. The van der Waals surface area contributed by atoms with Gasteiger partial charge in [0.05, 0.1) is 0 Å². The van der Waals surface area contributed by atoms with Gasteiger partial charge in [-0.25, -0.2) is 0 Å². The van der Waals surface area contributed by atoms with Gasteiger partial charge in [-0.15, -0.1) is 0 Å². The second-order valence-electron chi connectivity index (χ2n) is 5.57. The molecule has 106 valence electrons. The molecule has 0 saturated carbocycles. The molecule has 1 heteroatoms. The first-order valence-corrected chi connectivity index (χ1v) is 7.54. The molecule has 0 saturated heterocycles. The summed E-state index contributed by atoms with van der Waals surface area (Å²) < 4.78 is 2.40. The van der Waals surface area contributed by atoms with E-state index in [9.17, 15) is 0 Å². The van der Waals surface area contributed by atoms with E-state index in [1.54, 1.807) is 0 Å². The minimum absolute atomic E-state index is 0.871. The Balaban J connectivity index is 1.94. The molecule has 4 aromatic rings. The molecule has 0 aliphatic carbocycles. The number of nitrogens with zero attached hydrogens (tertiary/aromatic N) is 1. The molecular weight excluding hydrogens is 266 g/mol. The maximum absolute atomic E-state index is 3.86. The monoisotopic (exact) mass is 283 g/mol. The van der Waals surface area contributed by atoms with Crippen LogP contribution in [-0.2, 0) is 6.54 Å². The smallest absolute Gasteiger partial charge is 0.0494 e. The van der Waals surface area contributed by atoms with E-state index in [1.807, 2.05) is 6.08 Å². The first-order chi connectivity index (χ1) is 10.9. The molecule has 0 spiro atoms. The highest BCUT2D eigenvalue weighted by Gasteiger charge is 2.09. The van der Waals surface area contributed by atoms with Crippen molar-refractivity contribution >= 4 is 27.9 Å². The van der Waals surface area contributed by atoms with Crippen molar-refractivity contribution in [2.45, 2.75) is 6.54 Å². The lowest BCUT2D eigenvalue weighted by Gasteiger charge is -2.08. The second-order valence-corrected chi connectivity index (χ2v) is 5.57. The molecular formula is C21H17N. The van der Waals surface area contributed by atoms with Gasteiger partial charge >= 0.3 is 0 Å². The van der Waals surface area contributed by atoms with Crippen LogP contribution in [0.15, 0.2) is 79.4 Å². The summed E-state index contributed by atoms with van der Waals surface area (Å²) in [5.41, 5.74) is 5.03. The van der Waals surface area contributed by atoms with Gasteiger partial charge in [0.1, 0.15) is 0 Å². The van der Waals surface area contributed by atoms with Crippen LogP contribution in [0, 0.1) is 0 Å². The Kier molecular flexibility index (Phi) is 3.05. The summed E-state index contributed by atoms with van der Waals surface area (Å²) in [5, 5.41) is 2.64. The zero-order valence-electron chi connectivity index (χ0n) is 12.4. The predicted molar refractivity (Wildman–Crippen MR) is 95.1 cm³/mol. The molecule has 0 fully saturated rings. The van der Waals surface area contributed by atoms with Gasteiger partial charge in [-0.3, -0.25) is 0 Å². The van der Waals surface area contributed by atoms with Crippen LogP contribution in [0.2, 0.25) is 0 Å². The number of benzene rings is 3. The molecule has 0 bridgehead atoms. The van der Waals surface area contributed by atoms with E-state index in [-0.39, 0.29) is 0 Å². The van der Waals surface area contributed by atoms with Crippen molar-refractivity contribution < 1.29 is 0 Å². The van der Waals surface area contributed by atoms with Gasteiger partial charge in [-0.05, 0) is 29.3 Å². The summed E-state index contributed by atoms with van der Waals surface area (Å²) in [6.45, 7) is 4.73. The highest BCUT2D eigenvalue weighted by atomic mass is 15.0. The Morgan fingerprint density at radius 3 is 2.05 bits per heavy atom. The zero-order chi connectivity index (χ0) is 14.9. The molecule has 3 aromatic carbocycles. The maximum Gasteiger partial charge on any atom is 0.0494 e. The molecule has 0 amide bonds. The van der Waals surface area contributed by atoms with Crippen molar-refractivity contribution in [3.8, 4) is 0 Å². The van der Waals surface area contributed by atoms with Crippen molar-refractivity contribution in [2.75, 3.05) is 0 Å². The number of rotatable bonds is 3. The summed E-state index contributed by atoms with van der Waals surface area (Å²) in [6.07, 6.45) is 1.90. The topological polar surface area (TPSA) is 4.93 Å². The van der Waals surface area contributed by atoms with Crippen LogP contribution in [0.5, 0.6) is 0 Å². The number of hydrogen-bond acceptors (Lipinski definition) is 0. The number of hydrogen-bond donors (Lipinski definition) is 0. The lowest BCUT2D eigenvalue weighted by molar-refractivity contribution is 0.869. The molecule has 0 aliphatic rings.